The molecule has 9 nitrogen and oxygen atoms in total. The topological polar surface area (TPSA) is 112 Å². The molecular formula is C17H16NO8P. The summed E-state index contributed by atoms with van der Waals surface area (Å²) in [5.74, 6) is 0.141. The smallest absolute Gasteiger partial charge is 0.429 e. The fourth-order valence-electron chi connectivity index (χ4n) is 2.77. The highest BCUT2D eigenvalue weighted by Gasteiger charge is 2.50. The van der Waals surface area contributed by atoms with Gasteiger partial charge in [-0.15, -0.1) is 0 Å². The summed E-state index contributed by atoms with van der Waals surface area (Å²) in [4.78, 5) is 22.9. The van der Waals surface area contributed by atoms with E-state index in [1.807, 2.05) is 30.3 Å². The van der Waals surface area contributed by atoms with Crippen molar-refractivity contribution in [2.75, 3.05) is 13.2 Å². The third kappa shape index (κ3) is 4.08. The predicted octanol–water partition coefficient (Wildman–Crippen LogP) is 2.54. The fraction of sp³-hybridized carbons (Fsp3) is 0.294. The molecular weight excluding hydrogens is 377 g/mol. The van der Waals surface area contributed by atoms with Crippen molar-refractivity contribution in [3.05, 3.63) is 70.3 Å². The first-order valence-corrected chi connectivity index (χ1v) is 9.67. The summed E-state index contributed by atoms with van der Waals surface area (Å²) in [6.45, 7) is 0.183. The number of hydrogen-bond acceptors (Lipinski definition) is 8. The average molecular weight is 393 g/mol. The van der Waals surface area contributed by atoms with Crippen LogP contribution in [0.5, 0.6) is 5.75 Å². The molecule has 0 N–H and O–H groups in total. The number of phosphoric ester groups is 1. The van der Waals surface area contributed by atoms with E-state index < -0.39 is 31.6 Å². The maximum Gasteiger partial charge on any atom is 0.429 e. The Kier molecular flexibility index (Phi) is 5.05. The van der Waals surface area contributed by atoms with Gasteiger partial charge in [0.1, 0.15) is 12.7 Å². The van der Waals surface area contributed by atoms with Crippen LogP contribution in [0.25, 0.3) is 0 Å². The molecule has 4 atom stereocenters. The molecule has 2 aliphatic heterocycles. The van der Waals surface area contributed by atoms with Crippen molar-refractivity contribution < 1.29 is 32.9 Å². The summed E-state index contributed by atoms with van der Waals surface area (Å²) in [5.41, 5.74) is 0.763. The molecule has 4 rings (SSSR count). The molecule has 2 saturated heterocycles. The maximum atomic E-state index is 12.7. The van der Waals surface area contributed by atoms with E-state index in [1.165, 1.54) is 24.3 Å². The van der Waals surface area contributed by atoms with Gasteiger partial charge in [-0.3, -0.25) is 14.6 Å². The van der Waals surface area contributed by atoms with Crippen LogP contribution in [0.15, 0.2) is 54.6 Å². The fourth-order valence-corrected chi connectivity index (χ4v) is 4.17. The highest BCUT2D eigenvalue weighted by molar-refractivity contribution is 7.54. The van der Waals surface area contributed by atoms with Crippen LogP contribution in [-0.4, -0.2) is 30.3 Å². The molecule has 0 radical (unpaired) electrons. The quantitative estimate of drug-likeness (QED) is 0.443. The Morgan fingerprint density at radius 1 is 1.04 bits per heavy atom. The molecule has 2 aromatic rings. The van der Waals surface area contributed by atoms with Crippen LogP contribution < -0.4 is 9.42 Å². The highest BCUT2D eigenvalue weighted by atomic mass is 31.2. The zero-order chi connectivity index (χ0) is 18.9. The Labute approximate surface area is 155 Å². The zero-order valence-corrected chi connectivity index (χ0v) is 14.9. The van der Waals surface area contributed by atoms with E-state index in [9.17, 15) is 15.0 Å². The van der Waals surface area contributed by atoms with Crippen molar-refractivity contribution in [3.63, 3.8) is 0 Å². The second-order valence-corrected chi connectivity index (χ2v) is 7.53. The zero-order valence-electron chi connectivity index (χ0n) is 14.0. The molecule has 0 saturated carbocycles. The van der Waals surface area contributed by atoms with Gasteiger partial charge in [0.2, 0.25) is 0 Å². The van der Waals surface area contributed by atoms with Crippen molar-refractivity contribution in [2.45, 2.75) is 18.5 Å². The number of nitro benzene ring substituents is 1. The lowest BCUT2D eigenvalue weighted by atomic mass is 10.1. The summed E-state index contributed by atoms with van der Waals surface area (Å²) in [6, 6.07) is 14.6. The Balaban J connectivity index is 1.39. The number of nitro groups is 1. The molecule has 27 heavy (non-hydrogen) atoms. The number of nitrogens with zero attached hydrogens (tertiary/aromatic N) is 1. The first-order chi connectivity index (χ1) is 13.0. The number of non-ortho nitro benzene ring substituents is 1. The minimum atomic E-state index is -3.89. The van der Waals surface area contributed by atoms with E-state index in [2.05, 4.69) is 0 Å². The lowest BCUT2D eigenvalue weighted by Gasteiger charge is -2.41. The van der Waals surface area contributed by atoms with Crippen molar-refractivity contribution in [2.24, 2.45) is 0 Å². The van der Waals surface area contributed by atoms with E-state index in [0.29, 0.717) is 0 Å². The van der Waals surface area contributed by atoms with Gasteiger partial charge in [-0.05, 0) is 12.1 Å². The number of fused-ring (bicyclic) bond motifs is 1. The Hall–Kier alpha value is -2.13. The molecule has 10 heteroatoms. The summed E-state index contributed by atoms with van der Waals surface area (Å²) < 4.78 is 27.6. The van der Waals surface area contributed by atoms with Gasteiger partial charge in [0.15, 0.2) is 18.1 Å². The van der Waals surface area contributed by atoms with E-state index in [0.717, 1.165) is 5.56 Å². The molecule has 2 aromatic carbocycles. The second-order valence-electron chi connectivity index (χ2n) is 5.98. The normalized spacial score (nSPS) is 30.3. The van der Waals surface area contributed by atoms with Crippen LogP contribution in [0.4, 0.5) is 5.69 Å². The lowest BCUT2D eigenvalue weighted by Crippen LogP contribution is -2.49. The van der Waals surface area contributed by atoms with Gasteiger partial charge >= 0.3 is 8.17 Å². The van der Waals surface area contributed by atoms with Gasteiger partial charge < -0.3 is 14.4 Å². The van der Waals surface area contributed by atoms with Gasteiger partial charge in [0.25, 0.3) is 5.69 Å². The van der Waals surface area contributed by atoms with Crippen molar-refractivity contribution in [1.29, 1.82) is 0 Å². The molecule has 0 bridgehead atoms. The van der Waals surface area contributed by atoms with Crippen LogP contribution in [0.2, 0.25) is 0 Å². The Bertz CT molecular complexity index is 804. The van der Waals surface area contributed by atoms with Crippen LogP contribution >= 0.6 is 8.17 Å². The molecule has 0 spiro atoms. The monoisotopic (exact) mass is 393 g/mol. The van der Waals surface area contributed by atoms with Gasteiger partial charge in [0, 0.05) is 17.7 Å². The molecule has 0 aromatic heterocycles. The molecule has 4 unspecified atom stereocenters. The Morgan fingerprint density at radius 3 is 2.48 bits per heavy atom. The Morgan fingerprint density at radius 2 is 1.78 bits per heavy atom. The van der Waals surface area contributed by atoms with Crippen molar-refractivity contribution >= 4 is 13.9 Å². The SMILES string of the molecule is O=[N+]([O-])c1ccc(O[P+]2([O-])OCC3OC(c4ccccc4)OCC3O2)cc1. The summed E-state index contributed by atoms with van der Waals surface area (Å²) in [6.07, 6.45) is -1.61. The highest BCUT2D eigenvalue weighted by Crippen LogP contribution is 2.58. The molecule has 2 heterocycles. The minimum Gasteiger partial charge on any atom is -0.598 e. The second kappa shape index (κ2) is 7.47. The third-order valence-corrected chi connectivity index (χ3v) is 5.55. The van der Waals surface area contributed by atoms with Crippen LogP contribution in [0, 0.1) is 10.1 Å². The molecule has 2 aliphatic rings. The van der Waals surface area contributed by atoms with Gasteiger partial charge in [-0.2, -0.15) is 9.05 Å². The number of phosphoric acid groups is 1. The first-order valence-electron chi connectivity index (χ1n) is 8.21. The van der Waals surface area contributed by atoms with E-state index in [4.69, 9.17) is 23.0 Å². The van der Waals surface area contributed by atoms with Crippen LogP contribution in [0.3, 0.4) is 0 Å². The van der Waals surface area contributed by atoms with Gasteiger partial charge in [-0.1, -0.05) is 30.3 Å². The largest absolute Gasteiger partial charge is 0.598 e. The molecule has 0 amide bonds. The van der Waals surface area contributed by atoms with Gasteiger partial charge in [0.05, 0.1) is 11.5 Å². The number of ether oxygens (including phenoxy) is 2. The number of rotatable bonds is 4. The van der Waals surface area contributed by atoms with E-state index in [-0.39, 0.29) is 24.7 Å². The molecule has 2 fully saturated rings. The van der Waals surface area contributed by atoms with Crippen molar-refractivity contribution in [3.8, 4) is 5.75 Å². The summed E-state index contributed by atoms with van der Waals surface area (Å²) >= 11 is 0. The summed E-state index contributed by atoms with van der Waals surface area (Å²) in [7, 11) is -3.89. The predicted molar refractivity (Wildman–Crippen MR) is 91.5 cm³/mol. The van der Waals surface area contributed by atoms with E-state index >= 15 is 0 Å². The number of benzene rings is 2. The van der Waals surface area contributed by atoms with E-state index in [1.54, 1.807) is 0 Å². The average Bonchev–Trinajstić information content (AvgIpc) is 2.68. The summed E-state index contributed by atoms with van der Waals surface area (Å²) in [5, 5.41) is 10.7. The maximum absolute atomic E-state index is 12.7. The molecule has 0 aliphatic carbocycles. The van der Waals surface area contributed by atoms with Crippen molar-refractivity contribution in [1.82, 2.24) is 0 Å². The first kappa shape index (κ1) is 18.2. The number of hydrogen-bond donors (Lipinski definition) is 0. The van der Waals surface area contributed by atoms with Crippen LogP contribution in [0.1, 0.15) is 11.9 Å². The third-order valence-electron chi connectivity index (χ3n) is 4.12. The standard InChI is InChI=1S/C17H16NO8P/c19-18(20)13-6-8-14(9-7-13)25-27(21)23-11-15-16(26-27)10-22-17(24-15)12-4-2-1-3-5-12/h1-9,15-17H,10-11H2. The van der Waals surface area contributed by atoms with Crippen LogP contribution in [-0.2, 0) is 18.5 Å². The molecule has 142 valence electrons. The lowest BCUT2D eigenvalue weighted by molar-refractivity contribution is -0.384. The van der Waals surface area contributed by atoms with Gasteiger partial charge in [-0.25, -0.2) is 0 Å². The minimum absolute atomic E-state index is 0.0155.